The summed E-state index contributed by atoms with van der Waals surface area (Å²) in [6.07, 6.45) is 0. The Morgan fingerprint density at radius 2 is 1.87 bits per heavy atom. The molecule has 0 spiro atoms. The molecule has 78 valence electrons. The molecule has 1 N–H and O–H groups in total. The summed E-state index contributed by atoms with van der Waals surface area (Å²) in [4.78, 5) is 0. The highest BCUT2D eigenvalue weighted by atomic mass is 32.1. The van der Waals surface area contributed by atoms with Crippen molar-refractivity contribution < 1.29 is 0 Å². The van der Waals surface area contributed by atoms with Gasteiger partial charge in [-0.2, -0.15) is 11.3 Å². The van der Waals surface area contributed by atoms with Gasteiger partial charge in [0.15, 0.2) is 0 Å². The van der Waals surface area contributed by atoms with E-state index in [2.05, 4.69) is 60.3 Å². The van der Waals surface area contributed by atoms with Gasteiger partial charge >= 0.3 is 0 Å². The zero-order valence-corrected chi connectivity index (χ0v) is 9.84. The Kier molecular flexibility index (Phi) is 3.07. The first-order chi connectivity index (χ1) is 7.25. The average molecular weight is 217 g/mol. The van der Waals surface area contributed by atoms with Crippen molar-refractivity contribution >= 4 is 17.0 Å². The predicted octanol–water partition coefficient (Wildman–Crippen LogP) is 4.23. The van der Waals surface area contributed by atoms with Crippen LogP contribution in [0.5, 0.6) is 0 Å². The summed E-state index contributed by atoms with van der Waals surface area (Å²) >= 11 is 1.72. The van der Waals surface area contributed by atoms with E-state index in [9.17, 15) is 0 Å². The summed E-state index contributed by atoms with van der Waals surface area (Å²) in [5, 5.41) is 7.69. The molecule has 0 saturated heterocycles. The van der Waals surface area contributed by atoms with Crippen LogP contribution in [0.15, 0.2) is 41.1 Å². The van der Waals surface area contributed by atoms with Crippen LogP contribution >= 0.6 is 11.3 Å². The fraction of sp³-hybridized carbons (Fsp3) is 0.231. The van der Waals surface area contributed by atoms with Crippen molar-refractivity contribution in [3.05, 3.63) is 52.2 Å². The zero-order chi connectivity index (χ0) is 10.7. The first kappa shape index (κ1) is 10.2. The molecular weight excluding hydrogens is 202 g/mol. The topological polar surface area (TPSA) is 12.0 Å². The second-order valence-corrected chi connectivity index (χ2v) is 4.57. The van der Waals surface area contributed by atoms with Crippen molar-refractivity contribution in [2.75, 3.05) is 5.32 Å². The minimum atomic E-state index is 0.361. The maximum atomic E-state index is 3.47. The molecule has 1 aromatic carbocycles. The molecule has 1 atom stereocenters. The molecule has 0 bridgehead atoms. The fourth-order valence-electron chi connectivity index (χ4n) is 1.54. The smallest absolute Gasteiger partial charge is 0.0485 e. The molecule has 0 aliphatic carbocycles. The first-order valence-electron chi connectivity index (χ1n) is 5.11. The summed E-state index contributed by atoms with van der Waals surface area (Å²) < 4.78 is 0. The molecular formula is C13H15NS. The third-order valence-corrected chi connectivity index (χ3v) is 3.16. The molecule has 0 fully saturated rings. The molecule has 15 heavy (non-hydrogen) atoms. The molecule has 1 aromatic heterocycles. The number of benzene rings is 1. The number of rotatable bonds is 3. The minimum Gasteiger partial charge on any atom is -0.378 e. The SMILES string of the molecule is Cc1ccc(C(C)Nc2ccsc2)cc1. The summed E-state index contributed by atoms with van der Waals surface area (Å²) in [6.45, 7) is 4.29. The lowest BCUT2D eigenvalue weighted by Gasteiger charge is -2.14. The monoisotopic (exact) mass is 217 g/mol. The first-order valence-corrected chi connectivity index (χ1v) is 6.05. The molecule has 0 saturated carbocycles. The van der Waals surface area contributed by atoms with Gasteiger partial charge in [0.05, 0.1) is 0 Å². The minimum absolute atomic E-state index is 0.361. The van der Waals surface area contributed by atoms with Crippen molar-refractivity contribution in [1.29, 1.82) is 0 Å². The van der Waals surface area contributed by atoms with Gasteiger partial charge in [-0.05, 0) is 30.9 Å². The predicted molar refractivity (Wildman–Crippen MR) is 67.5 cm³/mol. The van der Waals surface area contributed by atoms with Gasteiger partial charge in [-0.1, -0.05) is 29.8 Å². The number of anilines is 1. The second-order valence-electron chi connectivity index (χ2n) is 3.79. The van der Waals surface area contributed by atoms with Gasteiger partial charge in [-0.15, -0.1) is 0 Å². The van der Waals surface area contributed by atoms with Gasteiger partial charge in [0.1, 0.15) is 0 Å². The van der Waals surface area contributed by atoms with Gasteiger partial charge in [0.25, 0.3) is 0 Å². The molecule has 0 aliphatic rings. The number of aryl methyl sites for hydroxylation is 1. The van der Waals surface area contributed by atoms with Crippen molar-refractivity contribution in [3.63, 3.8) is 0 Å². The van der Waals surface area contributed by atoms with E-state index in [-0.39, 0.29) is 0 Å². The van der Waals surface area contributed by atoms with Crippen LogP contribution in [0.2, 0.25) is 0 Å². The van der Waals surface area contributed by atoms with Crippen LogP contribution in [-0.4, -0.2) is 0 Å². The summed E-state index contributed by atoms with van der Waals surface area (Å²) in [7, 11) is 0. The van der Waals surface area contributed by atoms with E-state index in [1.165, 1.54) is 16.8 Å². The van der Waals surface area contributed by atoms with Crippen LogP contribution in [0.3, 0.4) is 0 Å². The number of thiophene rings is 1. The largest absolute Gasteiger partial charge is 0.378 e. The maximum Gasteiger partial charge on any atom is 0.0485 e. The van der Waals surface area contributed by atoms with E-state index in [1.807, 2.05) is 0 Å². The summed E-state index contributed by atoms with van der Waals surface area (Å²) in [6, 6.07) is 11.1. The summed E-state index contributed by atoms with van der Waals surface area (Å²) in [5.41, 5.74) is 3.83. The summed E-state index contributed by atoms with van der Waals surface area (Å²) in [5.74, 6) is 0. The van der Waals surface area contributed by atoms with Crippen LogP contribution in [0.1, 0.15) is 24.1 Å². The van der Waals surface area contributed by atoms with Gasteiger partial charge in [0, 0.05) is 17.1 Å². The van der Waals surface area contributed by atoms with Crippen LogP contribution in [0.25, 0.3) is 0 Å². The molecule has 1 unspecified atom stereocenters. The van der Waals surface area contributed by atoms with Crippen LogP contribution in [-0.2, 0) is 0 Å². The Morgan fingerprint density at radius 1 is 1.13 bits per heavy atom. The Labute approximate surface area is 94.8 Å². The van der Waals surface area contributed by atoms with Crippen LogP contribution in [0.4, 0.5) is 5.69 Å². The van der Waals surface area contributed by atoms with Crippen LogP contribution in [0, 0.1) is 6.92 Å². The lowest BCUT2D eigenvalue weighted by Crippen LogP contribution is -2.05. The number of hydrogen-bond acceptors (Lipinski definition) is 2. The second kappa shape index (κ2) is 4.49. The Morgan fingerprint density at radius 3 is 2.47 bits per heavy atom. The maximum absolute atomic E-state index is 3.47. The van der Waals surface area contributed by atoms with Gasteiger partial charge in [-0.25, -0.2) is 0 Å². The van der Waals surface area contributed by atoms with Crippen molar-refractivity contribution in [3.8, 4) is 0 Å². The lowest BCUT2D eigenvalue weighted by molar-refractivity contribution is 0.885. The standard InChI is InChI=1S/C13H15NS/c1-10-3-5-12(6-4-10)11(2)14-13-7-8-15-9-13/h3-9,11,14H,1-2H3. The van der Waals surface area contributed by atoms with E-state index in [4.69, 9.17) is 0 Å². The average Bonchev–Trinajstić information content (AvgIpc) is 2.71. The zero-order valence-electron chi connectivity index (χ0n) is 9.03. The Balaban J connectivity index is 2.08. The van der Waals surface area contributed by atoms with Gasteiger partial charge in [0.2, 0.25) is 0 Å². The van der Waals surface area contributed by atoms with E-state index in [0.29, 0.717) is 6.04 Å². The Hall–Kier alpha value is -1.28. The van der Waals surface area contributed by atoms with Gasteiger partial charge < -0.3 is 5.32 Å². The van der Waals surface area contributed by atoms with Crippen molar-refractivity contribution in [2.45, 2.75) is 19.9 Å². The quantitative estimate of drug-likeness (QED) is 0.811. The number of hydrogen-bond donors (Lipinski definition) is 1. The molecule has 1 nitrogen and oxygen atoms in total. The molecule has 2 heteroatoms. The van der Waals surface area contributed by atoms with E-state index < -0.39 is 0 Å². The molecule has 0 aliphatic heterocycles. The fourth-order valence-corrected chi connectivity index (χ4v) is 2.13. The van der Waals surface area contributed by atoms with Gasteiger partial charge in [-0.3, -0.25) is 0 Å². The highest BCUT2D eigenvalue weighted by Gasteiger charge is 2.04. The molecule has 0 amide bonds. The van der Waals surface area contributed by atoms with E-state index in [1.54, 1.807) is 11.3 Å². The van der Waals surface area contributed by atoms with Crippen molar-refractivity contribution in [2.24, 2.45) is 0 Å². The molecule has 2 aromatic rings. The van der Waals surface area contributed by atoms with E-state index >= 15 is 0 Å². The highest BCUT2D eigenvalue weighted by molar-refractivity contribution is 7.08. The van der Waals surface area contributed by atoms with E-state index in [0.717, 1.165) is 0 Å². The lowest BCUT2D eigenvalue weighted by atomic mass is 10.1. The third-order valence-electron chi connectivity index (χ3n) is 2.48. The van der Waals surface area contributed by atoms with Crippen molar-refractivity contribution in [1.82, 2.24) is 0 Å². The third kappa shape index (κ3) is 2.60. The molecule has 0 radical (unpaired) electrons. The highest BCUT2D eigenvalue weighted by Crippen LogP contribution is 2.21. The van der Waals surface area contributed by atoms with Crippen LogP contribution < -0.4 is 5.32 Å². The number of nitrogens with one attached hydrogen (secondary N) is 1. The molecule has 2 rings (SSSR count). The Bertz CT molecular complexity index is 403. The normalized spacial score (nSPS) is 12.4. The molecule has 1 heterocycles.